The van der Waals surface area contributed by atoms with Crippen molar-refractivity contribution < 1.29 is 14.4 Å². The smallest absolute Gasteiger partial charge is 0.244 e. The third-order valence-corrected chi connectivity index (χ3v) is 4.78. The van der Waals surface area contributed by atoms with E-state index < -0.39 is 0 Å². The number of ether oxygens (including phenoxy) is 1. The number of nitrogens with one attached hydrogen (secondary N) is 1. The Balaban J connectivity index is 1.52. The number of nitrogens with zero attached hydrogens (tertiary/aromatic N) is 2. The third-order valence-electron chi connectivity index (χ3n) is 3.66. The van der Waals surface area contributed by atoms with Crippen LogP contribution in [0.1, 0.15) is 30.3 Å². The van der Waals surface area contributed by atoms with Crippen molar-refractivity contribution >= 4 is 11.8 Å². The summed E-state index contributed by atoms with van der Waals surface area (Å²) in [5.41, 5.74) is 0. The largest absolute Gasteiger partial charge is 0.480 e. The Hall–Kier alpha value is -1.57. The Morgan fingerprint density at radius 1 is 1.33 bits per heavy atom. The van der Waals surface area contributed by atoms with Gasteiger partial charge in [-0.25, -0.2) is 0 Å². The van der Waals surface area contributed by atoms with Crippen LogP contribution in [0.3, 0.4) is 0 Å². The lowest BCUT2D eigenvalue weighted by molar-refractivity contribution is 0.190. The topological polar surface area (TPSA) is 80.4 Å². The summed E-state index contributed by atoms with van der Waals surface area (Å²) in [7, 11) is 0. The maximum atomic E-state index is 9.55. The van der Waals surface area contributed by atoms with E-state index in [4.69, 9.17) is 9.26 Å². The highest BCUT2D eigenvalue weighted by molar-refractivity contribution is 7.99. The van der Waals surface area contributed by atoms with E-state index in [0.29, 0.717) is 24.7 Å². The molecule has 1 aromatic carbocycles. The van der Waals surface area contributed by atoms with Crippen molar-refractivity contribution in [2.24, 2.45) is 0 Å². The first-order valence-electron chi connectivity index (χ1n) is 6.93. The Kier molecular flexibility index (Phi) is 3.33. The quantitative estimate of drug-likeness (QED) is 0.874. The predicted molar refractivity (Wildman–Crippen MR) is 76.2 cm³/mol. The second kappa shape index (κ2) is 5.32. The van der Waals surface area contributed by atoms with Gasteiger partial charge in [-0.3, -0.25) is 0 Å². The van der Waals surface area contributed by atoms with E-state index in [2.05, 4.69) is 15.5 Å². The van der Waals surface area contributed by atoms with Crippen LogP contribution in [-0.4, -0.2) is 33.6 Å². The molecule has 1 saturated heterocycles. The lowest BCUT2D eigenvalue weighted by Gasteiger charge is -2.22. The molecule has 0 bridgehead atoms. The standard InChI is InChI=1S/C14H15N3O3S/c18-8-5-9(15-6-8)14-16-13(17-20-14)11-7-21-12-4-2-1-3-10(12)19-11/h1-4,8-9,11,15,18H,5-7H2/t8-,9-,11?/m1/s1. The molecule has 2 aromatic rings. The fraction of sp³-hybridized carbons (Fsp3) is 0.429. The van der Waals surface area contributed by atoms with Gasteiger partial charge in [-0.1, -0.05) is 17.3 Å². The van der Waals surface area contributed by atoms with Crippen molar-refractivity contribution in [3.05, 3.63) is 36.0 Å². The van der Waals surface area contributed by atoms with Crippen LogP contribution in [0.4, 0.5) is 0 Å². The van der Waals surface area contributed by atoms with Crippen LogP contribution in [0.15, 0.2) is 33.7 Å². The normalized spacial score (nSPS) is 28.1. The SMILES string of the molecule is O[C@H]1CN[C@@H](c2nc(C3CSc4ccccc4O3)no2)C1. The Morgan fingerprint density at radius 2 is 2.24 bits per heavy atom. The zero-order valence-corrected chi connectivity index (χ0v) is 12.0. The second-order valence-corrected chi connectivity index (χ2v) is 6.27. The number of hydrogen-bond acceptors (Lipinski definition) is 7. The van der Waals surface area contributed by atoms with Gasteiger partial charge in [-0.05, 0) is 18.6 Å². The molecule has 2 aliphatic heterocycles. The van der Waals surface area contributed by atoms with Gasteiger partial charge < -0.3 is 19.7 Å². The number of thioether (sulfide) groups is 1. The van der Waals surface area contributed by atoms with Crippen LogP contribution in [0.5, 0.6) is 5.75 Å². The average molecular weight is 305 g/mol. The molecule has 6 nitrogen and oxygen atoms in total. The molecule has 0 saturated carbocycles. The van der Waals surface area contributed by atoms with E-state index in [1.165, 1.54) is 0 Å². The number of aromatic nitrogens is 2. The van der Waals surface area contributed by atoms with Gasteiger partial charge in [0, 0.05) is 17.2 Å². The molecule has 0 aliphatic carbocycles. The molecule has 2 N–H and O–H groups in total. The maximum Gasteiger partial charge on any atom is 0.244 e. The highest BCUT2D eigenvalue weighted by atomic mass is 32.2. The fourth-order valence-corrected chi connectivity index (χ4v) is 3.55. The number of fused-ring (bicyclic) bond motifs is 1. The minimum absolute atomic E-state index is 0.0650. The van der Waals surface area contributed by atoms with E-state index in [0.717, 1.165) is 16.4 Å². The molecule has 21 heavy (non-hydrogen) atoms. The van der Waals surface area contributed by atoms with E-state index in [-0.39, 0.29) is 18.2 Å². The van der Waals surface area contributed by atoms with Crippen LogP contribution in [0.2, 0.25) is 0 Å². The Labute approximate surface area is 125 Å². The molecular formula is C14H15N3O3S. The molecule has 1 aromatic heterocycles. The van der Waals surface area contributed by atoms with Gasteiger partial charge in [0.15, 0.2) is 6.10 Å². The Bertz CT molecular complexity index is 648. The van der Waals surface area contributed by atoms with Crippen molar-refractivity contribution in [2.75, 3.05) is 12.3 Å². The van der Waals surface area contributed by atoms with Crippen LogP contribution >= 0.6 is 11.8 Å². The van der Waals surface area contributed by atoms with E-state index >= 15 is 0 Å². The second-order valence-electron chi connectivity index (χ2n) is 5.21. The number of benzene rings is 1. The van der Waals surface area contributed by atoms with E-state index in [1.807, 2.05) is 24.3 Å². The lowest BCUT2D eigenvalue weighted by Crippen LogP contribution is -2.17. The number of para-hydroxylation sites is 1. The first kappa shape index (κ1) is 13.1. The molecule has 3 heterocycles. The molecule has 4 rings (SSSR count). The third kappa shape index (κ3) is 2.52. The maximum absolute atomic E-state index is 9.55. The van der Waals surface area contributed by atoms with Gasteiger partial charge in [-0.2, -0.15) is 4.98 Å². The molecule has 1 unspecified atom stereocenters. The molecule has 2 aliphatic rings. The molecule has 3 atom stereocenters. The summed E-state index contributed by atoms with van der Waals surface area (Å²) in [6, 6.07) is 7.88. The fourth-order valence-electron chi connectivity index (χ4n) is 2.57. The van der Waals surface area contributed by atoms with Crippen molar-refractivity contribution in [1.29, 1.82) is 0 Å². The van der Waals surface area contributed by atoms with Crippen molar-refractivity contribution in [2.45, 2.75) is 29.6 Å². The van der Waals surface area contributed by atoms with Crippen molar-refractivity contribution in [3.8, 4) is 5.75 Å². The minimum atomic E-state index is -0.348. The molecule has 0 amide bonds. The molecule has 110 valence electrons. The zero-order valence-electron chi connectivity index (χ0n) is 11.2. The zero-order chi connectivity index (χ0) is 14.2. The van der Waals surface area contributed by atoms with Gasteiger partial charge >= 0.3 is 0 Å². The highest BCUT2D eigenvalue weighted by Crippen LogP contribution is 2.39. The minimum Gasteiger partial charge on any atom is -0.480 e. The van der Waals surface area contributed by atoms with Gasteiger partial charge in [0.25, 0.3) is 0 Å². The summed E-state index contributed by atoms with van der Waals surface area (Å²) in [5.74, 6) is 2.71. The van der Waals surface area contributed by atoms with Crippen LogP contribution in [-0.2, 0) is 0 Å². The molecule has 7 heteroatoms. The van der Waals surface area contributed by atoms with Gasteiger partial charge in [0.2, 0.25) is 11.7 Å². The monoisotopic (exact) mass is 305 g/mol. The predicted octanol–water partition coefficient (Wildman–Crippen LogP) is 1.69. The average Bonchev–Trinajstić information content (AvgIpc) is 3.15. The van der Waals surface area contributed by atoms with E-state index in [1.54, 1.807) is 11.8 Å². The van der Waals surface area contributed by atoms with Crippen LogP contribution in [0.25, 0.3) is 0 Å². The first-order valence-corrected chi connectivity index (χ1v) is 7.91. The number of hydrogen-bond donors (Lipinski definition) is 2. The number of aliphatic hydroxyl groups excluding tert-OH is 1. The summed E-state index contributed by atoms with van der Waals surface area (Å²) in [6.07, 6.45) is 0.0533. The van der Waals surface area contributed by atoms with Crippen LogP contribution < -0.4 is 10.1 Å². The highest BCUT2D eigenvalue weighted by Gasteiger charge is 2.31. The number of β-amino-alcohol motifs (C(OH)–C–C–N with tert-alkyl or cyclic N) is 1. The number of aliphatic hydroxyl groups is 1. The summed E-state index contributed by atoms with van der Waals surface area (Å²) < 4.78 is 11.3. The van der Waals surface area contributed by atoms with Crippen molar-refractivity contribution in [3.63, 3.8) is 0 Å². The Morgan fingerprint density at radius 3 is 3.10 bits per heavy atom. The summed E-state index contributed by atoms with van der Waals surface area (Å²) in [5, 5.41) is 16.7. The lowest BCUT2D eigenvalue weighted by atomic mass is 10.2. The number of rotatable bonds is 2. The summed E-state index contributed by atoms with van der Waals surface area (Å²) in [6.45, 7) is 0.561. The first-order chi connectivity index (χ1) is 10.3. The van der Waals surface area contributed by atoms with Crippen molar-refractivity contribution in [1.82, 2.24) is 15.5 Å². The molecule has 0 spiro atoms. The van der Waals surface area contributed by atoms with Gasteiger partial charge in [0.05, 0.1) is 12.1 Å². The van der Waals surface area contributed by atoms with Gasteiger partial charge in [-0.15, -0.1) is 11.8 Å². The van der Waals surface area contributed by atoms with Crippen LogP contribution in [0, 0.1) is 0 Å². The van der Waals surface area contributed by atoms with Gasteiger partial charge in [0.1, 0.15) is 5.75 Å². The molecule has 1 fully saturated rings. The summed E-state index contributed by atoms with van der Waals surface area (Å²) in [4.78, 5) is 5.57. The molecular weight excluding hydrogens is 290 g/mol. The summed E-state index contributed by atoms with van der Waals surface area (Å²) >= 11 is 1.73. The molecule has 0 radical (unpaired) electrons. The van der Waals surface area contributed by atoms with E-state index in [9.17, 15) is 5.11 Å².